The molecule has 2 heterocycles. The third kappa shape index (κ3) is 2.08. The van der Waals surface area contributed by atoms with E-state index < -0.39 is 36.5 Å². The maximum atomic E-state index is 14.1. The average molecular weight is 286 g/mol. The molecule has 0 bridgehead atoms. The van der Waals surface area contributed by atoms with Gasteiger partial charge < -0.3 is 20.7 Å². The van der Waals surface area contributed by atoms with E-state index in [0.29, 0.717) is 0 Å². The van der Waals surface area contributed by atoms with E-state index in [0.717, 1.165) is 10.8 Å². The van der Waals surface area contributed by atoms with Gasteiger partial charge in [-0.3, -0.25) is 4.57 Å². The smallest absolute Gasteiger partial charge is 0.351 e. The lowest BCUT2D eigenvalue weighted by Gasteiger charge is -2.23. The van der Waals surface area contributed by atoms with Gasteiger partial charge >= 0.3 is 5.69 Å². The molecule has 1 unspecified atom stereocenters. The zero-order valence-corrected chi connectivity index (χ0v) is 10.00. The van der Waals surface area contributed by atoms with Crippen LogP contribution in [0.25, 0.3) is 10.4 Å². The van der Waals surface area contributed by atoms with Crippen LogP contribution in [0.5, 0.6) is 0 Å². The van der Waals surface area contributed by atoms with Crippen LogP contribution < -0.4 is 11.4 Å². The fourth-order valence-corrected chi connectivity index (χ4v) is 1.90. The van der Waals surface area contributed by atoms with Gasteiger partial charge in [0.1, 0.15) is 11.9 Å². The van der Waals surface area contributed by atoms with Crippen molar-refractivity contribution >= 4 is 5.82 Å². The summed E-state index contributed by atoms with van der Waals surface area (Å²) in [6, 6.07) is 1.23. The maximum absolute atomic E-state index is 14.1. The summed E-state index contributed by atoms with van der Waals surface area (Å²) in [4.78, 5) is 17.4. The number of anilines is 1. The van der Waals surface area contributed by atoms with Crippen LogP contribution in [0.2, 0.25) is 0 Å². The van der Waals surface area contributed by atoms with Gasteiger partial charge in [-0.25, -0.2) is 9.18 Å². The molecule has 0 spiro atoms. The largest absolute Gasteiger partial charge is 0.393 e. The Morgan fingerprint density at radius 1 is 1.75 bits per heavy atom. The fraction of sp³-hybridized carbons (Fsp3) is 0.556. The van der Waals surface area contributed by atoms with Crippen LogP contribution >= 0.6 is 0 Å². The van der Waals surface area contributed by atoms with Crippen LogP contribution in [-0.4, -0.2) is 44.4 Å². The molecular weight excluding hydrogens is 275 g/mol. The molecule has 20 heavy (non-hydrogen) atoms. The number of azide groups is 1. The molecule has 11 heteroatoms. The molecule has 2 rings (SSSR count). The Labute approximate surface area is 110 Å². The molecule has 0 radical (unpaired) electrons. The third-order valence-electron chi connectivity index (χ3n) is 2.93. The Bertz CT molecular complexity index is 617. The zero-order chi connectivity index (χ0) is 14.9. The summed E-state index contributed by atoms with van der Waals surface area (Å²) in [7, 11) is 0. The summed E-state index contributed by atoms with van der Waals surface area (Å²) in [5.74, 6) is -0.0660. The fourth-order valence-electron chi connectivity index (χ4n) is 1.90. The Balaban J connectivity index is 2.45. The van der Waals surface area contributed by atoms with Crippen LogP contribution in [0.4, 0.5) is 10.2 Å². The van der Waals surface area contributed by atoms with E-state index in [1.165, 1.54) is 6.07 Å². The van der Waals surface area contributed by atoms with E-state index in [9.17, 15) is 19.4 Å². The monoisotopic (exact) mass is 286 g/mol. The number of alkyl halides is 1. The number of aliphatic hydroxyl groups excluding tert-OH is 2. The molecule has 1 aliphatic heterocycles. The first-order valence-corrected chi connectivity index (χ1v) is 5.47. The summed E-state index contributed by atoms with van der Waals surface area (Å²) in [6.45, 7) is -0.952. The summed E-state index contributed by atoms with van der Waals surface area (Å²) in [5.41, 5.74) is 10.6. The molecular formula is C9H11FN6O4. The number of nitrogen functional groups attached to an aromatic ring is 1. The van der Waals surface area contributed by atoms with Gasteiger partial charge in [0.2, 0.25) is 5.72 Å². The SMILES string of the molecule is [N-]=[N+]=NC1(CO)O[C@@H](n2ccc(N)nc2=O)[C@@H](F)[C@@H]1O. The van der Waals surface area contributed by atoms with E-state index >= 15 is 0 Å². The van der Waals surface area contributed by atoms with E-state index in [-0.39, 0.29) is 5.82 Å². The van der Waals surface area contributed by atoms with Gasteiger partial charge in [-0.2, -0.15) is 4.98 Å². The normalized spacial score (nSPS) is 32.9. The molecule has 10 nitrogen and oxygen atoms in total. The van der Waals surface area contributed by atoms with Crippen molar-refractivity contribution in [3.05, 3.63) is 33.2 Å². The second-order valence-electron chi connectivity index (χ2n) is 4.13. The molecule has 4 N–H and O–H groups in total. The minimum Gasteiger partial charge on any atom is -0.393 e. The van der Waals surface area contributed by atoms with Crippen molar-refractivity contribution < 1.29 is 19.3 Å². The van der Waals surface area contributed by atoms with Gasteiger partial charge in [-0.15, -0.1) is 0 Å². The minimum absolute atomic E-state index is 0.0660. The van der Waals surface area contributed by atoms with E-state index in [2.05, 4.69) is 15.0 Å². The topological polar surface area (TPSA) is 159 Å². The molecule has 1 fully saturated rings. The molecule has 1 saturated heterocycles. The Morgan fingerprint density at radius 2 is 2.45 bits per heavy atom. The Kier molecular flexibility index (Phi) is 3.59. The number of halogens is 1. The standard InChI is InChI=1S/C9H11FN6O4/c10-5-6(18)9(3-17,14-15-12)20-7(5)16-2-1-4(11)13-8(16)19/h1-2,5-7,17-18H,3H2,(H2,11,13,19)/t5-,6-,7+,9?/m0/s1. The highest BCUT2D eigenvalue weighted by Crippen LogP contribution is 2.39. The quantitative estimate of drug-likeness (QED) is 0.369. The van der Waals surface area contributed by atoms with Gasteiger partial charge in [0.25, 0.3) is 0 Å². The van der Waals surface area contributed by atoms with Gasteiger partial charge in [-0.05, 0) is 11.6 Å². The van der Waals surface area contributed by atoms with Crippen molar-refractivity contribution in [1.29, 1.82) is 0 Å². The first-order valence-electron chi connectivity index (χ1n) is 5.47. The maximum Gasteiger partial charge on any atom is 0.351 e. The minimum atomic E-state index is -2.19. The number of nitrogens with two attached hydrogens (primary N) is 1. The van der Waals surface area contributed by atoms with Crippen LogP contribution in [0.3, 0.4) is 0 Å². The number of aromatic nitrogens is 2. The molecule has 108 valence electrons. The summed E-state index contributed by atoms with van der Waals surface area (Å²) in [6.07, 6.45) is -4.50. The van der Waals surface area contributed by atoms with Gasteiger partial charge in [0, 0.05) is 11.1 Å². The Hall–Kier alpha value is -2.20. The number of nitrogens with zero attached hydrogens (tertiary/aromatic N) is 5. The highest BCUT2D eigenvalue weighted by atomic mass is 19.1. The number of rotatable bonds is 3. The average Bonchev–Trinajstić information content (AvgIpc) is 2.65. The van der Waals surface area contributed by atoms with Crippen LogP contribution in [0, 0.1) is 0 Å². The lowest BCUT2D eigenvalue weighted by Crippen LogP contribution is -2.43. The second kappa shape index (κ2) is 5.06. The van der Waals surface area contributed by atoms with Crippen molar-refractivity contribution in [2.24, 2.45) is 5.11 Å². The van der Waals surface area contributed by atoms with Crippen molar-refractivity contribution in [2.75, 3.05) is 12.3 Å². The van der Waals surface area contributed by atoms with Crippen LogP contribution in [-0.2, 0) is 4.74 Å². The molecule has 0 amide bonds. The van der Waals surface area contributed by atoms with E-state index in [4.69, 9.17) is 16.0 Å². The summed E-state index contributed by atoms with van der Waals surface area (Å²) in [5, 5.41) is 22.0. The highest BCUT2D eigenvalue weighted by molar-refractivity contribution is 5.23. The molecule has 0 aliphatic carbocycles. The highest BCUT2D eigenvalue weighted by Gasteiger charge is 2.56. The van der Waals surface area contributed by atoms with Crippen molar-refractivity contribution in [3.8, 4) is 0 Å². The van der Waals surface area contributed by atoms with Crippen molar-refractivity contribution in [1.82, 2.24) is 9.55 Å². The van der Waals surface area contributed by atoms with Crippen molar-refractivity contribution in [3.63, 3.8) is 0 Å². The van der Waals surface area contributed by atoms with Gasteiger partial charge in [0.15, 0.2) is 12.4 Å². The van der Waals surface area contributed by atoms with Gasteiger partial charge in [0.05, 0.1) is 6.61 Å². The molecule has 4 atom stereocenters. The van der Waals surface area contributed by atoms with Crippen LogP contribution in [0.15, 0.2) is 22.2 Å². The molecule has 0 saturated carbocycles. The summed E-state index contributed by atoms with van der Waals surface area (Å²) < 4.78 is 19.9. The molecule has 0 aromatic carbocycles. The lowest BCUT2D eigenvalue weighted by atomic mass is 10.1. The number of hydrogen-bond donors (Lipinski definition) is 3. The predicted octanol–water partition coefficient (Wildman–Crippen LogP) is -0.948. The molecule has 1 aromatic heterocycles. The Morgan fingerprint density at radius 3 is 3.00 bits per heavy atom. The third-order valence-corrected chi connectivity index (χ3v) is 2.93. The summed E-state index contributed by atoms with van der Waals surface area (Å²) >= 11 is 0. The van der Waals surface area contributed by atoms with Gasteiger partial charge in [-0.1, -0.05) is 5.11 Å². The first-order chi connectivity index (χ1) is 9.45. The van der Waals surface area contributed by atoms with Crippen LogP contribution in [0.1, 0.15) is 6.23 Å². The second-order valence-corrected chi connectivity index (χ2v) is 4.13. The number of aliphatic hydroxyl groups is 2. The predicted molar refractivity (Wildman–Crippen MR) is 62.9 cm³/mol. The molecule has 1 aromatic rings. The zero-order valence-electron chi connectivity index (χ0n) is 10.00. The number of hydrogen-bond acceptors (Lipinski definition) is 7. The lowest BCUT2D eigenvalue weighted by molar-refractivity contribution is -0.124. The van der Waals surface area contributed by atoms with E-state index in [1.807, 2.05) is 0 Å². The first kappa shape index (κ1) is 14.2. The van der Waals surface area contributed by atoms with E-state index in [1.54, 1.807) is 0 Å². The number of ether oxygens (including phenoxy) is 1. The van der Waals surface area contributed by atoms with Crippen molar-refractivity contribution in [2.45, 2.75) is 24.2 Å². The molecule has 1 aliphatic rings.